The van der Waals surface area contributed by atoms with Crippen LogP contribution in [0.2, 0.25) is 5.02 Å². The Hall–Kier alpha value is -2.07. The molecule has 1 aromatic heterocycles. The second-order valence-corrected chi connectivity index (χ2v) is 4.82. The summed E-state index contributed by atoms with van der Waals surface area (Å²) in [6.45, 7) is 3.69. The number of halogens is 1. The quantitative estimate of drug-likeness (QED) is 0.939. The van der Waals surface area contributed by atoms with Crippen LogP contribution in [0.5, 0.6) is 5.75 Å². The van der Waals surface area contributed by atoms with Gasteiger partial charge in [0.05, 0.1) is 0 Å². The van der Waals surface area contributed by atoms with Crippen LogP contribution in [0.4, 0.5) is 5.82 Å². The monoisotopic (exact) mass is 290 g/mol. The SMILES string of the molecule is Cc1cc(OCC(=O)Nc2ncccc2C)ccc1Cl. The number of ether oxygens (including phenoxy) is 1. The zero-order chi connectivity index (χ0) is 14.5. The lowest BCUT2D eigenvalue weighted by Crippen LogP contribution is -2.21. The fourth-order valence-electron chi connectivity index (χ4n) is 1.64. The molecule has 0 fully saturated rings. The Morgan fingerprint density at radius 3 is 2.80 bits per heavy atom. The van der Waals surface area contributed by atoms with Gasteiger partial charge in [-0.15, -0.1) is 0 Å². The van der Waals surface area contributed by atoms with Crippen molar-refractivity contribution in [3.8, 4) is 5.75 Å². The van der Waals surface area contributed by atoms with Gasteiger partial charge in [-0.25, -0.2) is 4.98 Å². The van der Waals surface area contributed by atoms with E-state index < -0.39 is 0 Å². The topological polar surface area (TPSA) is 51.2 Å². The lowest BCUT2D eigenvalue weighted by atomic mass is 10.2. The van der Waals surface area contributed by atoms with Crippen LogP contribution in [-0.4, -0.2) is 17.5 Å². The summed E-state index contributed by atoms with van der Waals surface area (Å²) >= 11 is 5.92. The van der Waals surface area contributed by atoms with Gasteiger partial charge in [0.25, 0.3) is 5.91 Å². The first-order valence-corrected chi connectivity index (χ1v) is 6.54. The molecule has 0 unspecified atom stereocenters. The molecule has 0 saturated carbocycles. The molecule has 20 heavy (non-hydrogen) atoms. The van der Waals surface area contributed by atoms with Gasteiger partial charge < -0.3 is 10.1 Å². The average molecular weight is 291 g/mol. The molecule has 0 saturated heterocycles. The van der Waals surface area contributed by atoms with E-state index in [1.165, 1.54) is 0 Å². The Balaban J connectivity index is 1.92. The smallest absolute Gasteiger partial charge is 0.263 e. The first-order valence-electron chi connectivity index (χ1n) is 6.16. The highest BCUT2D eigenvalue weighted by atomic mass is 35.5. The number of hydrogen-bond donors (Lipinski definition) is 1. The minimum atomic E-state index is -0.251. The molecule has 1 heterocycles. The molecule has 0 aliphatic heterocycles. The van der Waals surface area contributed by atoms with Gasteiger partial charge in [-0.3, -0.25) is 4.79 Å². The van der Waals surface area contributed by atoms with Gasteiger partial charge in [0.15, 0.2) is 6.61 Å². The molecule has 0 aliphatic rings. The van der Waals surface area contributed by atoms with Crippen molar-refractivity contribution in [2.75, 3.05) is 11.9 Å². The number of amides is 1. The second-order valence-electron chi connectivity index (χ2n) is 4.42. The van der Waals surface area contributed by atoms with E-state index in [2.05, 4.69) is 10.3 Å². The van der Waals surface area contributed by atoms with Crippen molar-refractivity contribution in [2.45, 2.75) is 13.8 Å². The van der Waals surface area contributed by atoms with Crippen molar-refractivity contribution in [1.29, 1.82) is 0 Å². The predicted molar refractivity (Wildman–Crippen MR) is 79.3 cm³/mol. The van der Waals surface area contributed by atoms with Gasteiger partial charge in [0.2, 0.25) is 0 Å². The lowest BCUT2D eigenvalue weighted by molar-refractivity contribution is -0.118. The molecular formula is C15H15ClN2O2. The number of aromatic nitrogens is 1. The Labute approximate surface area is 122 Å². The summed E-state index contributed by atoms with van der Waals surface area (Å²) in [5.41, 5.74) is 1.81. The summed E-state index contributed by atoms with van der Waals surface area (Å²) in [6, 6.07) is 8.97. The summed E-state index contributed by atoms with van der Waals surface area (Å²) in [5.74, 6) is 0.910. The van der Waals surface area contributed by atoms with Crippen LogP contribution >= 0.6 is 11.6 Å². The molecule has 5 heteroatoms. The molecule has 4 nitrogen and oxygen atoms in total. The number of rotatable bonds is 4. The van der Waals surface area contributed by atoms with E-state index in [-0.39, 0.29) is 12.5 Å². The number of pyridine rings is 1. The van der Waals surface area contributed by atoms with E-state index in [0.717, 1.165) is 11.1 Å². The summed E-state index contributed by atoms with van der Waals surface area (Å²) in [7, 11) is 0. The average Bonchev–Trinajstić information content (AvgIpc) is 2.43. The largest absolute Gasteiger partial charge is 0.484 e. The summed E-state index contributed by atoms with van der Waals surface area (Å²) in [6.07, 6.45) is 1.63. The molecule has 2 rings (SSSR count). The number of carbonyl (C=O) groups excluding carboxylic acids is 1. The zero-order valence-corrected chi connectivity index (χ0v) is 12.1. The van der Waals surface area contributed by atoms with Crippen molar-refractivity contribution < 1.29 is 9.53 Å². The van der Waals surface area contributed by atoms with E-state index in [1.54, 1.807) is 24.4 Å². The molecule has 1 amide bonds. The Morgan fingerprint density at radius 1 is 1.30 bits per heavy atom. The number of anilines is 1. The molecule has 0 aliphatic carbocycles. The summed E-state index contributed by atoms with van der Waals surface area (Å²) in [4.78, 5) is 15.9. The third-order valence-electron chi connectivity index (χ3n) is 2.77. The van der Waals surface area contributed by atoms with Gasteiger partial charge >= 0.3 is 0 Å². The van der Waals surface area contributed by atoms with Crippen molar-refractivity contribution in [1.82, 2.24) is 4.98 Å². The van der Waals surface area contributed by atoms with Crippen molar-refractivity contribution in [2.24, 2.45) is 0 Å². The normalized spacial score (nSPS) is 10.2. The highest BCUT2D eigenvalue weighted by Gasteiger charge is 2.07. The van der Waals surface area contributed by atoms with Crippen molar-refractivity contribution in [3.05, 3.63) is 52.7 Å². The van der Waals surface area contributed by atoms with Crippen LogP contribution in [0, 0.1) is 13.8 Å². The van der Waals surface area contributed by atoms with Gasteiger partial charge in [-0.05, 0) is 49.2 Å². The summed E-state index contributed by atoms with van der Waals surface area (Å²) < 4.78 is 5.42. The van der Waals surface area contributed by atoms with Crippen LogP contribution in [0.15, 0.2) is 36.5 Å². The first-order chi connectivity index (χ1) is 9.56. The van der Waals surface area contributed by atoms with Gasteiger partial charge in [-0.1, -0.05) is 17.7 Å². The van der Waals surface area contributed by atoms with Crippen LogP contribution in [0.25, 0.3) is 0 Å². The molecule has 104 valence electrons. The van der Waals surface area contributed by atoms with Gasteiger partial charge in [0.1, 0.15) is 11.6 Å². The molecular weight excluding hydrogens is 276 g/mol. The van der Waals surface area contributed by atoms with Gasteiger partial charge in [0, 0.05) is 11.2 Å². The molecule has 0 atom stereocenters. The van der Waals surface area contributed by atoms with Crippen LogP contribution < -0.4 is 10.1 Å². The van der Waals surface area contributed by atoms with Crippen LogP contribution in [-0.2, 0) is 4.79 Å². The molecule has 0 spiro atoms. The fraction of sp³-hybridized carbons (Fsp3) is 0.200. The predicted octanol–water partition coefficient (Wildman–Crippen LogP) is 3.37. The number of carbonyl (C=O) groups is 1. The first kappa shape index (κ1) is 14.3. The van der Waals surface area contributed by atoms with Crippen molar-refractivity contribution >= 4 is 23.3 Å². The van der Waals surface area contributed by atoms with E-state index in [4.69, 9.17) is 16.3 Å². The number of nitrogens with one attached hydrogen (secondary N) is 1. The number of aryl methyl sites for hydroxylation is 2. The lowest BCUT2D eigenvalue weighted by Gasteiger charge is -2.09. The maximum Gasteiger partial charge on any atom is 0.263 e. The van der Waals surface area contributed by atoms with Gasteiger partial charge in [-0.2, -0.15) is 0 Å². The van der Waals surface area contributed by atoms with E-state index >= 15 is 0 Å². The summed E-state index contributed by atoms with van der Waals surface area (Å²) in [5, 5.41) is 3.38. The van der Waals surface area contributed by atoms with Crippen LogP contribution in [0.3, 0.4) is 0 Å². The Kier molecular flexibility index (Phi) is 4.58. The van der Waals surface area contributed by atoms with E-state index in [1.807, 2.05) is 26.0 Å². The Morgan fingerprint density at radius 2 is 2.10 bits per heavy atom. The third-order valence-corrected chi connectivity index (χ3v) is 3.19. The minimum absolute atomic E-state index is 0.0723. The minimum Gasteiger partial charge on any atom is -0.484 e. The highest BCUT2D eigenvalue weighted by molar-refractivity contribution is 6.31. The fourth-order valence-corrected chi connectivity index (χ4v) is 1.76. The third kappa shape index (κ3) is 3.71. The Bertz CT molecular complexity index is 629. The maximum absolute atomic E-state index is 11.8. The van der Waals surface area contributed by atoms with Crippen LogP contribution in [0.1, 0.15) is 11.1 Å². The standard InChI is InChI=1S/C15H15ClN2O2/c1-10-4-3-7-17-15(10)18-14(19)9-20-12-5-6-13(16)11(2)8-12/h3-8H,9H2,1-2H3,(H,17,18,19). The number of benzene rings is 1. The molecule has 0 bridgehead atoms. The number of nitrogens with zero attached hydrogens (tertiary/aromatic N) is 1. The molecule has 2 aromatic rings. The molecule has 1 aromatic carbocycles. The number of hydrogen-bond acceptors (Lipinski definition) is 3. The molecule has 0 radical (unpaired) electrons. The van der Waals surface area contributed by atoms with E-state index in [9.17, 15) is 4.79 Å². The highest BCUT2D eigenvalue weighted by Crippen LogP contribution is 2.21. The maximum atomic E-state index is 11.8. The van der Waals surface area contributed by atoms with E-state index in [0.29, 0.717) is 16.6 Å². The second kappa shape index (κ2) is 6.39. The van der Waals surface area contributed by atoms with Crippen molar-refractivity contribution in [3.63, 3.8) is 0 Å². The zero-order valence-electron chi connectivity index (χ0n) is 11.3. The molecule has 1 N–H and O–H groups in total.